The Labute approximate surface area is 148 Å². The number of aliphatic carboxylic acids is 1. The van der Waals surface area contributed by atoms with Gasteiger partial charge in [-0.3, -0.25) is 19.0 Å². The van der Waals surface area contributed by atoms with E-state index in [1.54, 1.807) is 24.3 Å². The van der Waals surface area contributed by atoms with E-state index in [0.717, 1.165) is 5.56 Å². The van der Waals surface area contributed by atoms with Crippen molar-refractivity contribution in [3.63, 3.8) is 0 Å². The van der Waals surface area contributed by atoms with E-state index in [1.807, 2.05) is 30.3 Å². The number of aromatic nitrogens is 2. The largest absolute Gasteiger partial charge is 0.480 e. The predicted molar refractivity (Wildman–Crippen MR) is 95.8 cm³/mol. The Morgan fingerprint density at radius 2 is 1.77 bits per heavy atom. The number of hydrogen-bond donors (Lipinski definition) is 2. The molecule has 7 heteroatoms. The summed E-state index contributed by atoms with van der Waals surface area (Å²) in [4.78, 5) is 40.4. The summed E-state index contributed by atoms with van der Waals surface area (Å²) in [7, 11) is 0. The first-order chi connectivity index (χ1) is 12.6. The van der Waals surface area contributed by atoms with E-state index in [2.05, 4.69) is 10.3 Å². The van der Waals surface area contributed by atoms with E-state index in [9.17, 15) is 14.4 Å². The van der Waals surface area contributed by atoms with E-state index in [4.69, 9.17) is 5.11 Å². The quantitative estimate of drug-likeness (QED) is 0.699. The lowest BCUT2D eigenvalue weighted by Crippen LogP contribution is -2.40. The van der Waals surface area contributed by atoms with Crippen molar-refractivity contribution in [1.29, 1.82) is 0 Å². The topological polar surface area (TPSA) is 101 Å². The van der Waals surface area contributed by atoms with Crippen molar-refractivity contribution in [3.05, 3.63) is 76.8 Å². The van der Waals surface area contributed by atoms with Crippen LogP contribution in [0.5, 0.6) is 0 Å². The van der Waals surface area contributed by atoms with Gasteiger partial charge in [-0.2, -0.15) is 0 Å². The molecule has 1 amide bonds. The Morgan fingerprint density at radius 1 is 1.08 bits per heavy atom. The van der Waals surface area contributed by atoms with Crippen LogP contribution < -0.4 is 10.9 Å². The zero-order valence-electron chi connectivity index (χ0n) is 13.8. The van der Waals surface area contributed by atoms with Crippen LogP contribution in [0.4, 0.5) is 0 Å². The normalized spacial score (nSPS) is 11.8. The molecule has 0 aliphatic carbocycles. The Balaban J connectivity index is 2.02. The molecule has 0 fully saturated rings. The molecule has 3 aromatic rings. The van der Waals surface area contributed by atoms with Crippen LogP contribution in [0, 0.1) is 0 Å². The molecule has 0 spiro atoms. The Kier molecular flexibility index (Phi) is 5.07. The van der Waals surface area contributed by atoms with Gasteiger partial charge in [0, 0.05) is 6.42 Å². The Bertz CT molecular complexity index is 998. The van der Waals surface area contributed by atoms with E-state index in [0.29, 0.717) is 10.9 Å². The van der Waals surface area contributed by atoms with Crippen LogP contribution in [-0.2, 0) is 16.0 Å². The summed E-state index contributed by atoms with van der Waals surface area (Å²) < 4.78 is 1.26. The van der Waals surface area contributed by atoms with E-state index >= 15 is 0 Å². The molecule has 26 heavy (non-hydrogen) atoms. The van der Waals surface area contributed by atoms with Crippen molar-refractivity contribution in [2.45, 2.75) is 12.5 Å². The van der Waals surface area contributed by atoms with Crippen LogP contribution in [0.2, 0.25) is 0 Å². The molecule has 0 aliphatic heterocycles. The maximum Gasteiger partial charge on any atom is 0.322 e. The number of para-hydroxylation sites is 1. The van der Waals surface area contributed by atoms with Crippen LogP contribution in [0.15, 0.2) is 65.7 Å². The van der Waals surface area contributed by atoms with E-state index in [-0.39, 0.29) is 12.0 Å². The van der Waals surface area contributed by atoms with Gasteiger partial charge in [0.05, 0.1) is 17.2 Å². The fourth-order valence-electron chi connectivity index (χ4n) is 2.74. The summed E-state index contributed by atoms with van der Waals surface area (Å²) in [5.74, 6) is -1.70. The summed E-state index contributed by atoms with van der Waals surface area (Å²) in [6.45, 7) is -0.514. The minimum absolute atomic E-state index is 0.242. The summed E-state index contributed by atoms with van der Waals surface area (Å²) in [6, 6.07) is 15.2. The Hall–Kier alpha value is -3.48. The third-order valence-electron chi connectivity index (χ3n) is 4.01. The molecule has 0 bridgehead atoms. The smallest absolute Gasteiger partial charge is 0.322 e. The van der Waals surface area contributed by atoms with Gasteiger partial charge in [0.1, 0.15) is 12.6 Å². The van der Waals surface area contributed by atoms with Gasteiger partial charge < -0.3 is 10.4 Å². The SMILES string of the molecule is O=C(O)CNC(=O)C(Cc1ccccc1)n1cnc2ccccc2c1=O. The summed E-state index contributed by atoms with van der Waals surface area (Å²) in [6.07, 6.45) is 1.57. The van der Waals surface area contributed by atoms with Crippen LogP contribution in [-0.4, -0.2) is 33.1 Å². The number of amides is 1. The maximum absolute atomic E-state index is 12.8. The third kappa shape index (κ3) is 3.77. The molecule has 1 atom stereocenters. The second-order valence-electron chi connectivity index (χ2n) is 5.79. The third-order valence-corrected chi connectivity index (χ3v) is 4.01. The van der Waals surface area contributed by atoms with Crippen molar-refractivity contribution in [2.75, 3.05) is 6.54 Å². The first-order valence-electron chi connectivity index (χ1n) is 8.05. The molecule has 2 N–H and O–H groups in total. The van der Waals surface area contributed by atoms with Gasteiger partial charge in [-0.15, -0.1) is 0 Å². The predicted octanol–water partition coefficient (Wildman–Crippen LogP) is 1.38. The van der Waals surface area contributed by atoms with Crippen LogP contribution >= 0.6 is 0 Å². The van der Waals surface area contributed by atoms with Gasteiger partial charge in [-0.25, -0.2) is 4.98 Å². The minimum Gasteiger partial charge on any atom is -0.480 e. The molecule has 2 aromatic carbocycles. The highest BCUT2D eigenvalue weighted by molar-refractivity contribution is 5.85. The summed E-state index contributed by atoms with van der Waals surface area (Å²) in [5, 5.41) is 11.6. The van der Waals surface area contributed by atoms with Gasteiger partial charge in [0.15, 0.2) is 0 Å². The number of nitrogens with one attached hydrogen (secondary N) is 1. The number of nitrogens with zero attached hydrogens (tertiary/aromatic N) is 2. The van der Waals surface area contributed by atoms with Crippen LogP contribution in [0.1, 0.15) is 11.6 Å². The highest BCUT2D eigenvalue weighted by Gasteiger charge is 2.23. The van der Waals surface area contributed by atoms with Crippen LogP contribution in [0.3, 0.4) is 0 Å². The highest BCUT2D eigenvalue weighted by atomic mass is 16.4. The van der Waals surface area contributed by atoms with Crippen LogP contribution in [0.25, 0.3) is 10.9 Å². The fourth-order valence-corrected chi connectivity index (χ4v) is 2.74. The summed E-state index contributed by atoms with van der Waals surface area (Å²) >= 11 is 0. The minimum atomic E-state index is -1.15. The Morgan fingerprint density at radius 3 is 2.50 bits per heavy atom. The molecule has 7 nitrogen and oxygen atoms in total. The molecular weight excluding hydrogens is 334 g/mol. The number of carboxylic acids is 1. The number of carbonyl (C=O) groups is 2. The molecule has 0 saturated heterocycles. The molecule has 132 valence electrons. The first kappa shape index (κ1) is 17.3. The van der Waals surface area contributed by atoms with Crippen molar-refractivity contribution in [3.8, 4) is 0 Å². The van der Waals surface area contributed by atoms with E-state index < -0.39 is 24.5 Å². The first-order valence-corrected chi connectivity index (χ1v) is 8.05. The van der Waals surface area contributed by atoms with Gasteiger partial charge in [-0.05, 0) is 17.7 Å². The molecule has 0 radical (unpaired) electrons. The molecule has 1 heterocycles. The number of hydrogen-bond acceptors (Lipinski definition) is 4. The van der Waals surface area contributed by atoms with Crippen molar-refractivity contribution < 1.29 is 14.7 Å². The van der Waals surface area contributed by atoms with E-state index in [1.165, 1.54) is 10.9 Å². The highest BCUT2D eigenvalue weighted by Crippen LogP contribution is 2.15. The lowest BCUT2D eigenvalue weighted by Gasteiger charge is -2.19. The molecular formula is C19H17N3O4. The van der Waals surface area contributed by atoms with Crippen molar-refractivity contribution >= 4 is 22.8 Å². The molecule has 1 unspecified atom stereocenters. The van der Waals surface area contributed by atoms with Gasteiger partial charge in [0.2, 0.25) is 5.91 Å². The summed E-state index contributed by atoms with van der Waals surface area (Å²) in [5.41, 5.74) is 1.04. The lowest BCUT2D eigenvalue weighted by atomic mass is 10.0. The van der Waals surface area contributed by atoms with Gasteiger partial charge in [-0.1, -0.05) is 42.5 Å². The maximum atomic E-state index is 12.8. The number of carbonyl (C=O) groups excluding carboxylic acids is 1. The average molecular weight is 351 g/mol. The number of fused-ring (bicyclic) bond motifs is 1. The fraction of sp³-hybridized carbons (Fsp3) is 0.158. The zero-order valence-corrected chi connectivity index (χ0v) is 13.8. The molecule has 0 saturated carbocycles. The second kappa shape index (κ2) is 7.60. The van der Waals surface area contributed by atoms with Crippen molar-refractivity contribution in [2.24, 2.45) is 0 Å². The zero-order chi connectivity index (χ0) is 18.5. The number of rotatable bonds is 6. The standard InChI is InChI=1S/C19H17N3O4/c23-17(24)11-20-18(25)16(10-13-6-2-1-3-7-13)22-12-21-15-9-5-4-8-14(15)19(22)26/h1-9,12,16H,10-11H2,(H,20,25)(H,23,24). The second-order valence-corrected chi connectivity index (χ2v) is 5.79. The van der Waals surface area contributed by atoms with Crippen molar-refractivity contribution in [1.82, 2.24) is 14.9 Å². The average Bonchev–Trinajstić information content (AvgIpc) is 2.66. The van der Waals surface area contributed by atoms with Gasteiger partial charge in [0.25, 0.3) is 5.56 Å². The molecule has 3 rings (SSSR count). The number of benzene rings is 2. The lowest BCUT2D eigenvalue weighted by molar-refractivity contribution is -0.138. The molecule has 0 aliphatic rings. The van der Waals surface area contributed by atoms with Gasteiger partial charge >= 0.3 is 5.97 Å². The monoisotopic (exact) mass is 351 g/mol. The molecule has 1 aromatic heterocycles. The number of carboxylic acid groups (broad SMARTS) is 1.